The first kappa shape index (κ1) is 24.6. The minimum Gasteiger partial charge on any atom is -0.325 e. The Kier molecular flexibility index (Phi) is 7.68. The number of carbonyl (C=O) groups excluding carboxylic acids is 1. The predicted octanol–water partition coefficient (Wildman–Crippen LogP) is 4.16. The van der Waals surface area contributed by atoms with Crippen LogP contribution in [0, 0.1) is 18.3 Å². The number of sulfonamides is 1. The van der Waals surface area contributed by atoms with Crippen LogP contribution in [-0.2, 0) is 14.8 Å². The van der Waals surface area contributed by atoms with Crippen LogP contribution in [-0.4, -0.2) is 34.8 Å². The molecular weight excluding hydrogens is 480 g/mol. The molecule has 9 nitrogen and oxygen atoms in total. The number of aromatic nitrogens is 3. The Hall–Kier alpha value is -3.01. The topological polar surface area (TPSA) is 138 Å². The number of anilines is 2. The molecule has 0 saturated heterocycles. The van der Waals surface area contributed by atoms with Crippen molar-refractivity contribution in [1.29, 1.82) is 5.26 Å². The molecule has 0 bridgehead atoms. The zero-order valence-corrected chi connectivity index (χ0v) is 20.8. The van der Waals surface area contributed by atoms with Crippen molar-refractivity contribution >= 4 is 49.8 Å². The molecule has 1 aromatic carbocycles. The fraction of sp³-hybridized carbons (Fsp3) is 0.286. The Labute approximate surface area is 200 Å². The number of hydrogen-bond acceptors (Lipinski definition) is 9. The molecule has 0 fully saturated rings. The second-order valence-electron chi connectivity index (χ2n) is 7.36. The van der Waals surface area contributed by atoms with E-state index in [9.17, 15) is 18.5 Å². The monoisotopic (exact) mass is 502 g/mol. The number of benzene rings is 1. The quantitative estimate of drug-likeness (QED) is 0.438. The molecule has 1 atom stereocenters. The van der Waals surface area contributed by atoms with Crippen molar-refractivity contribution in [3.8, 4) is 6.07 Å². The minimum absolute atomic E-state index is 0.0316. The molecule has 33 heavy (non-hydrogen) atoms. The van der Waals surface area contributed by atoms with Crippen LogP contribution in [0.2, 0.25) is 0 Å². The largest absolute Gasteiger partial charge is 0.325 e. The van der Waals surface area contributed by atoms with Gasteiger partial charge in [0.2, 0.25) is 11.0 Å². The third-order valence-electron chi connectivity index (χ3n) is 4.43. The number of carbonyl (C=O) groups is 1. The predicted molar refractivity (Wildman–Crippen MR) is 129 cm³/mol. The SMILES string of the molecule is Cc1nnc(NS(=O)(=O)c2ccc(NC(=O)C(C)Sc3nc(C(C)C)ccc3C#N)cc2)s1. The van der Waals surface area contributed by atoms with Gasteiger partial charge >= 0.3 is 0 Å². The van der Waals surface area contributed by atoms with Gasteiger partial charge in [-0.15, -0.1) is 10.2 Å². The smallest absolute Gasteiger partial charge is 0.263 e. The van der Waals surface area contributed by atoms with Gasteiger partial charge in [0, 0.05) is 11.4 Å². The van der Waals surface area contributed by atoms with E-state index >= 15 is 0 Å². The molecule has 172 valence electrons. The van der Waals surface area contributed by atoms with Gasteiger partial charge in [-0.2, -0.15) is 5.26 Å². The van der Waals surface area contributed by atoms with Gasteiger partial charge in [0.1, 0.15) is 16.1 Å². The Morgan fingerprint density at radius 2 is 1.82 bits per heavy atom. The number of amides is 1. The van der Waals surface area contributed by atoms with Crippen molar-refractivity contribution < 1.29 is 13.2 Å². The van der Waals surface area contributed by atoms with Gasteiger partial charge < -0.3 is 5.32 Å². The number of nitriles is 1. The molecule has 1 amide bonds. The van der Waals surface area contributed by atoms with Gasteiger partial charge in [-0.05, 0) is 56.2 Å². The number of pyridine rings is 1. The zero-order chi connectivity index (χ0) is 24.2. The fourth-order valence-corrected chi connectivity index (χ4v) is 5.37. The third kappa shape index (κ3) is 6.28. The molecule has 0 aliphatic carbocycles. The summed E-state index contributed by atoms with van der Waals surface area (Å²) in [7, 11) is -3.82. The molecule has 2 aromatic heterocycles. The first-order chi connectivity index (χ1) is 15.6. The second-order valence-corrected chi connectivity index (χ2v) is 11.6. The summed E-state index contributed by atoms with van der Waals surface area (Å²) in [6.07, 6.45) is 0. The Morgan fingerprint density at radius 1 is 1.12 bits per heavy atom. The van der Waals surface area contributed by atoms with E-state index < -0.39 is 15.3 Å². The molecule has 2 N–H and O–H groups in total. The maximum atomic E-state index is 12.7. The van der Waals surface area contributed by atoms with Crippen LogP contribution in [0.25, 0.3) is 0 Å². The van der Waals surface area contributed by atoms with Crippen LogP contribution < -0.4 is 10.0 Å². The number of nitrogens with zero attached hydrogens (tertiary/aromatic N) is 4. The van der Waals surface area contributed by atoms with Crippen LogP contribution in [0.5, 0.6) is 0 Å². The summed E-state index contributed by atoms with van der Waals surface area (Å²) in [5, 5.41) is 20.5. The first-order valence-electron chi connectivity index (χ1n) is 9.90. The molecule has 2 heterocycles. The van der Waals surface area contributed by atoms with E-state index in [1.807, 2.05) is 19.9 Å². The highest BCUT2D eigenvalue weighted by Gasteiger charge is 2.20. The highest BCUT2D eigenvalue weighted by atomic mass is 32.2. The van der Waals surface area contributed by atoms with E-state index in [-0.39, 0.29) is 21.9 Å². The van der Waals surface area contributed by atoms with Crippen molar-refractivity contribution in [3.63, 3.8) is 0 Å². The summed E-state index contributed by atoms with van der Waals surface area (Å²) in [4.78, 5) is 17.2. The Morgan fingerprint density at radius 3 is 2.39 bits per heavy atom. The van der Waals surface area contributed by atoms with Gasteiger partial charge in [0.05, 0.1) is 15.7 Å². The van der Waals surface area contributed by atoms with Gasteiger partial charge in [-0.1, -0.05) is 36.9 Å². The van der Waals surface area contributed by atoms with Crippen molar-refractivity contribution in [3.05, 3.63) is 52.7 Å². The summed E-state index contributed by atoms with van der Waals surface area (Å²) in [6, 6.07) is 11.4. The normalized spacial score (nSPS) is 12.2. The van der Waals surface area contributed by atoms with Gasteiger partial charge in [0.25, 0.3) is 10.0 Å². The lowest BCUT2D eigenvalue weighted by Crippen LogP contribution is -2.22. The summed E-state index contributed by atoms with van der Waals surface area (Å²) >= 11 is 2.33. The Balaban J connectivity index is 1.67. The standard InChI is InChI=1S/C21H22N6O3S3/c1-12(2)18-10-5-15(11-22)20(24-18)31-13(3)19(28)23-16-6-8-17(9-7-16)33(29,30)27-21-26-25-14(4)32-21/h5-10,12-13H,1-4H3,(H,23,28)(H,26,27). The van der Waals surface area contributed by atoms with E-state index in [1.165, 1.54) is 36.0 Å². The van der Waals surface area contributed by atoms with E-state index in [2.05, 4.69) is 31.3 Å². The van der Waals surface area contributed by atoms with Gasteiger partial charge in [-0.3, -0.25) is 9.52 Å². The lowest BCUT2D eigenvalue weighted by atomic mass is 10.1. The number of nitrogens with one attached hydrogen (secondary N) is 2. The maximum absolute atomic E-state index is 12.7. The summed E-state index contributed by atoms with van der Waals surface area (Å²) in [5.74, 6) is -0.0971. The van der Waals surface area contributed by atoms with E-state index in [0.717, 1.165) is 17.0 Å². The van der Waals surface area contributed by atoms with Crippen LogP contribution in [0.15, 0.2) is 46.3 Å². The van der Waals surface area contributed by atoms with Crippen molar-refractivity contribution in [2.45, 2.75) is 48.8 Å². The van der Waals surface area contributed by atoms with Crippen LogP contribution in [0.1, 0.15) is 43.0 Å². The molecule has 0 radical (unpaired) electrons. The molecule has 3 rings (SSSR count). The lowest BCUT2D eigenvalue weighted by molar-refractivity contribution is -0.115. The van der Waals surface area contributed by atoms with Crippen molar-refractivity contribution in [2.75, 3.05) is 10.0 Å². The first-order valence-corrected chi connectivity index (χ1v) is 13.1. The number of hydrogen-bond donors (Lipinski definition) is 2. The second kappa shape index (κ2) is 10.3. The average molecular weight is 503 g/mol. The summed E-state index contributed by atoms with van der Waals surface area (Å²) < 4.78 is 27.4. The van der Waals surface area contributed by atoms with Crippen LogP contribution >= 0.6 is 23.1 Å². The van der Waals surface area contributed by atoms with Crippen LogP contribution in [0.4, 0.5) is 10.8 Å². The summed E-state index contributed by atoms with van der Waals surface area (Å²) in [6.45, 7) is 7.46. The lowest BCUT2D eigenvalue weighted by Gasteiger charge is -2.14. The van der Waals surface area contributed by atoms with E-state index in [0.29, 0.717) is 21.3 Å². The molecular formula is C21H22N6O3S3. The molecule has 1 unspecified atom stereocenters. The van der Waals surface area contributed by atoms with E-state index in [4.69, 9.17) is 0 Å². The molecule has 0 saturated carbocycles. The summed E-state index contributed by atoms with van der Waals surface area (Å²) in [5.41, 5.74) is 1.71. The highest BCUT2D eigenvalue weighted by Crippen LogP contribution is 2.28. The zero-order valence-electron chi connectivity index (χ0n) is 18.4. The molecule has 0 aliphatic rings. The minimum atomic E-state index is -3.82. The van der Waals surface area contributed by atoms with Gasteiger partial charge in [-0.25, -0.2) is 13.4 Å². The number of aryl methyl sites for hydroxylation is 1. The number of thioether (sulfide) groups is 1. The highest BCUT2D eigenvalue weighted by molar-refractivity contribution is 8.00. The van der Waals surface area contributed by atoms with Crippen molar-refractivity contribution in [1.82, 2.24) is 15.2 Å². The molecule has 3 aromatic rings. The average Bonchev–Trinajstić information content (AvgIpc) is 3.17. The van der Waals surface area contributed by atoms with E-state index in [1.54, 1.807) is 19.9 Å². The number of rotatable bonds is 8. The van der Waals surface area contributed by atoms with Gasteiger partial charge in [0.15, 0.2) is 0 Å². The molecule has 0 spiro atoms. The molecule has 12 heteroatoms. The molecule has 0 aliphatic heterocycles. The Bertz CT molecular complexity index is 1300. The maximum Gasteiger partial charge on any atom is 0.263 e. The van der Waals surface area contributed by atoms with Crippen LogP contribution in [0.3, 0.4) is 0 Å². The third-order valence-corrected chi connectivity index (χ3v) is 7.77. The fourth-order valence-electron chi connectivity index (χ4n) is 2.65. The van der Waals surface area contributed by atoms with Crippen molar-refractivity contribution in [2.24, 2.45) is 0 Å².